The standard InChI is InChI=1S/C18H27N3O3/c1-20(2)12-7-11-19-17(22)16-10-6-13-21(16)18(23)24-14-15-8-4-3-5-9-15/h3-5,8-9,16H,6-7,10-14H2,1-2H3,(H,19,22). The van der Waals surface area contributed by atoms with Crippen LogP contribution in [0.3, 0.4) is 0 Å². The van der Waals surface area contributed by atoms with Gasteiger partial charge in [0.2, 0.25) is 5.91 Å². The number of hydrogen-bond acceptors (Lipinski definition) is 4. The second-order valence-corrected chi connectivity index (χ2v) is 6.34. The molecular formula is C18H27N3O3. The van der Waals surface area contributed by atoms with Gasteiger partial charge in [0, 0.05) is 13.1 Å². The van der Waals surface area contributed by atoms with Crippen molar-refractivity contribution in [3.63, 3.8) is 0 Å². The van der Waals surface area contributed by atoms with Crippen LogP contribution in [0.25, 0.3) is 0 Å². The van der Waals surface area contributed by atoms with Gasteiger partial charge in [-0.15, -0.1) is 0 Å². The lowest BCUT2D eigenvalue weighted by molar-refractivity contribution is -0.125. The first-order valence-electron chi connectivity index (χ1n) is 8.47. The molecule has 0 saturated carbocycles. The van der Waals surface area contributed by atoms with E-state index in [1.807, 2.05) is 44.4 Å². The maximum absolute atomic E-state index is 12.3. The number of rotatable bonds is 7. The minimum Gasteiger partial charge on any atom is -0.445 e. The molecule has 1 aromatic carbocycles. The lowest BCUT2D eigenvalue weighted by Gasteiger charge is -2.23. The Morgan fingerprint density at radius 2 is 2.04 bits per heavy atom. The molecule has 0 radical (unpaired) electrons. The van der Waals surface area contributed by atoms with E-state index in [0.29, 0.717) is 19.5 Å². The Labute approximate surface area is 143 Å². The third kappa shape index (κ3) is 5.53. The van der Waals surface area contributed by atoms with Crippen LogP contribution in [0.1, 0.15) is 24.8 Å². The summed E-state index contributed by atoms with van der Waals surface area (Å²) in [5, 5.41) is 2.92. The number of benzene rings is 1. The summed E-state index contributed by atoms with van der Waals surface area (Å²) < 4.78 is 5.35. The average molecular weight is 333 g/mol. The molecule has 2 amide bonds. The van der Waals surface area contributed by atoms with Gasteiger partial charge in [0.1, 0.15) is 12.6 Å². The predicted molar refractivity (Wildman–Crippen MR) is 92.5 cm³/mol. The molecule has 1 saturated heterocycles. The first kappa shape index (κ1) is 18.3. The van der Waals surface area contributed by atoms with Crippen LogP contribution < -0.4 is 5.32 Å². The summed E-state index contributed by atoms with van der Waals surface area (Å²) in [4.78, 5) is 28.2. The summed E-state index contributed by atoms with van der Waals surface area (Å²) in [6, 6.07) is 9.14. The number of amides is 2. The highest BCUT2D eigenvalue weighted by atomic mass is 16.6. The lowest BCUT2D eigenvalue weighted by Crippen LogP contribution is -2.46. The van der Waals surface area contributed by atoms with Gasteiger partial charge in [0.05, 0.1) is 0 Å². The zero-order valence-electron chi connectivity index (χ0n) is 14.5. The topological polar surface area (TPSA) is 61.9 Å². The maximum atomic E-state index is 12.3. The molecule has 1 atom stereocenters. The number of ether oxygens (including phenoxy) is 1. The number of carbonyl (C=O) groups is 2. The highest BCUT2D eigenvalue weighted by Crippen LogP contribution is 2.19. The van der Waals surface area contributed by atoms with Crippen molar-refractivity contribution in [2.45, 2.75) is 31.9 Å². The van der Waals surface area contributed by atoms with Gasteiger partial charge < -0.3 is 15.0 Å². The van der Waals surface area contributed by atoms with Crippen molar-refractivity contribution in [2.24, 2.45) is 0 Å². The molecule has 1 heterocycles. The summed E-state index contributed by atoms with van der Waals surface area (Å²) in [6.45, 7) is 2.35. The fourth-order valence-corrected chi connectivity index (χ4v) is 2.78. The van der Waals surface area contributed by atoms with E-state index in [4.69, 9.17) is 4.74 Å². The summed E-state index contributed by atoms with van der Waals surface area (Å²) in [7, 11) is 4.01. The van der Waals surface area contributed by atoms with Crippen LogP contribution in [0.5, 0.6) is 0 Å². The van der Waals surface area contributed by atoms with Crippen molar-refractivity contribution in [3.8, 4) is 0 Å². The maximum Gasteiger partial charge on any atom is 0.410 e. The average Bonchev–Trinajstić information content (AvgIpc) is 3.07. The molecule has 1 aromatic rings. The zero-order chi connectivity index (χ0) is 17.4. The van der Waals surface area contributed by atoms with Crippen LogP contribution in [-0.2, 0) is 16.1 Å². The quantitative estimate of drug-likeness (QED) is 0.774. The van der Waals surface area contributed by atoms with Crippen LogP contribution in [0.4, 0.5) is 4.79 Å². The van der Waals surface area contributed by atoms with Gasteiger partial charge in [0.15, 0.2) is 0 Å². The van der Waals surface area contributed by atoms with E-state index in [1.165, 1.54) is 0 Å². The van der Waals surface area contributed by atoms with Gasteiger partial charge in [0.25, 0.3) is 0 Å². The van der Waals surface area contributed by atoms with Crippen molar-refractivity contribution in [1.29, 1.82) is 0 Å². The highest BCUT2D eigenvalue weighted by Gasteiger charge is 2.34. The Morgan fingerprint density at radius 3 is 2.75 bits per heavy atom. The van der Waals surface area contributed by atoms with E-state index >= 15 is 0 Å². The number of likely N-dealkylation sites (tertiary alicyclic amines) is 1. The summed E-state index contributed by atoms with van der Waals surface area (Å²) in [5.41, 5.74) is 0.940. The number of nitrogens with zero attached hydrogens (tertiary/aromatic N) is 2. The van der Waals surface area contributed by atoms with Crippen LogP contribution in [0.2, 0.25) is 0 Å². The molecule has 24 heavy (non-hydrogen) atoms. The first-order chi connectivity index (χ1) is 11.6. The molecule has 1 fully saturated rings. The molecule has 1 unspecified atom stereocenters. The third-order valence-corrected chi connectivity index (χ3v) is 4.08. The van der Waals surface area contributed by atoms with E-state index in [9.17, 15) is 9.59 Å². The van der Waals surface area contributed by atoms with Crippen LogP contribution in [-0.4, -0.2) is 61.6 Å². The van der Waals surface area contributed by atoms with Crippen LogP contribution >= 0.6 is 0 Å². The Bertz CT molecular complexity index is 534. The Hall–Kier alpha value is -2.08. The second kappa shape index (κ2) is 9.27. The number of hydrogen-bond donors (Lipinski definition) is 1. The molecule has 2 rings (SSSR count). The molecule has 6 heteroatoms. The van der Waals surface area contributed by atoms with Gasteiger partial charge in [-0.3, -0.25) is 9.69 Å². The van der Waals surface area contributed by atoms with Crippen molar-refractivity contribution >= 4 is 12.0 Å². The van der Waals surface area contributed by atoms with Crippen molar-refractivity contribution in [1.82, 2.24) is 15.1 Å². The van der Waals surface area contributed by atoms with E-state index in [2.05, 4.69) is 10.2 Å². The SMILES string of the molecule is CN(C)CCCNC(=O)C1CCCN1C(=O)OCc1ccccc1. The lowest BCUT2D eigenvalue weighted by atomic mass is 10.2. The van der Waals surface area contributed by atoms with Crippen LogP contribution in [0.15, 0.2) is 30.3 Å². The fourth-order valence-electron chi connectivity index (χ4n) is 2.78. The van der Waals surface area contributed by atoms with Gasteiger partial charge in [-0.2, -0.15) is 0 Å². The predicted octanol–water partition coefficient (Wildman–Crippen LogP) is 1.86. The van der Waals surface area contributed by atoms with Gasteiger partial charge in [-0.25, -0.2) is 4.79 Å². The first-order valence-corrected chi connectivity index (χ1v) is 8.47. The summed E-state index contributed by atoms with van der Waals surface area (Å²) in [5.74, 6) is -0.0806. The third-order valence-electron chi connectivity index (χ3n) is 4.08. The molecule has 132 valence electrons. The molecule has 1 N–H and O–H groups in total. The smallest absolute Gasteiger partial charge is 0.410 e. The Kier molecular flexibility index (Phi) is 7.06. The minimum atomic E-state index is -0.412. The Morgan fingerprint density at radius 1 is 1.29 bits per heavy atom. The zero-order valence-corrected chi connectivity index (χ0v) is 14.5. The molecule has 0 aliphatic carbocycles. The molecule has 0 aromatic heterocycles. The van der Waals surface area contributed by atoms with E-state index in [-0.39, 0.29) is 12.5 Å². The normalized spacial score (nSPS) is 17.1. The fraction of sp³-hybridized carbons (Fsp3) is 0.556. The number of carbonyl (C=O) groups excluding carboxylic acids is 2. The molecule has 6 nitrogen and oxygen atoms in total. The van der Waals surface area contributed by atoms with Crippen molar-refractivity contribution < 1.29 is 14.3 Å². The highest BCUT2D eigenvalue weighted by molar-refractivity contribution is 5.86. The number of nitrogens with one attached hydrogen (secondary N) is 1. The molecule has 1 aliphatic heterocycles. The van der Waals surface area contributed by atoms with E-state index in [1.54, 1.807) is 4.90 Å². The van der Waals surface area contributed by atoms with Crippen molar-refractivity contribution in [2.75, 3.05) is 33.7 Å². The molecule has 1 aliphatic rings. The van der Waals surface area contributed by atoms with Crippen LogP contribution in [0, 0.1) is 0 Å². The van der Waals surface area contributed by atoms with E-state index < -0.39 is 12.1 Å². The van der Waals surface area contributed by atoms with Gasteiger partial charge >= 0.3 is 6.09 Å². The summed E-state index contributed by atoms with van der Waals surface area (Å²) >= 11 is 0. The molecule has 0 spiro atoms. The van der Waals surface area contributed by atoms with Gasteiger partial charge in [-0.1, -0.05) is 30.3 Å². The largest absolute Gasteiger partial charge is 0.445 e. The summed E-state index contributed by atoms with van der Waals surface area (Å²) in [6.07, 6.45) is 2.00. The van der Waals surface area contributed by atoms with E-state index in [0.717, 1.165) is 24.9 Å². The second-order valence-electron chi connectivity index (χ2n) is 6.34. The molecular weight excluding hydrogens is 306 g/mol. The van der Waals surface area contributed by atoms with Gasteiger partial charge in [-0.05, 0) is 45.5 Å². The minimum absolute atomic E-state index is 0.0806. The Balaban J connectivity index is 1.78. The monoisotopic (exact) mass is 333 g/mol. The molecule has 0 bridgehead atoms. The van der Waals surface area contributed by atoms with Crippen molar-refractivity contribution in [3.05, 3.63) is 35.9 Å².